The molecule has 2 nitrogen and oxygen atoms in total. The number of hydrogen-bond donors (Lipinski definition) is 1. The number of benzene rings is 1. The molecule has 0 aromatic heterocycles. The lowest BCUT2D eigenvalue weighted by molar-refractivity contribution is -0.123. The van der Waals surface area contributed by atoms with E-state index in [0.29, 0.717) is 18.2 Å². The summed E-state index contributed by atoms with van der Waals surface area (Å²) in [5.74, 6) is 0.397. The third-order valence-electron chi connectivity index (χ3n) is 3.27. The zero-order valence-corrected chi connectivity index (χ0v) is 12.3. The normalized spacial score (nSPS) is 13.1. The molecule has 1 unspecified atom stereocenters. The van der Waals surface area contributed by atoms with Gasteiger partial charge in [0.2, 0.25) is 5.91 Å². The highest BCUT2D eigenvalue weighted by atomic mass is 35.5. The van der Waals surface area contributed by atoms with Gasteiger partial charge in [-0.2, -0.15) is 0 Å². The molecule has 0 aliphatic rings. The van der Waals surface area contributed by atoms with E-state index in [9.17, 15) is 4.79 Å². The molecule has 1 N–H and O–H groups in total. The lowest BCUT2D eigenvalue weighted by atomic mass is 9.96. The first-order chi connectivity index (χ1) is 8.58. The summed E-state index contributed by atoms with van der Waals surface area (Å²) in [7, 11) is 0. The predicted octanol–water partition coefficient (Wildman–Crippen LogP) is 3.53. The van der Waals surface area contributed by atoms with Crippen LogP contribution in [0.1, 0.15) is 31.7 Å². The molecule has 0 saturated carbocycles. The molecule has 0 bridgehead atoms. The highest BCUT2D eigenvalue weighted by Crippen LogP contribution is 2.19. The minimum Gasteiger partial charge on any atom is -0.348 e. The summed E-state index contributed by atoms with van der Waals surface area (Å²) >= 11 is 11.8. The summed E-state index contributed by atoms with van der Waals surface area (Å²) in [5, 5.41) is 2.97. The monoisotopic (exact) mass is 287 g/mol. The Kier molecular flexibility index (Phi) is 5.97. The fourth-order valence-corrected chi connectivity index (χ4v) is 2.44. The SMILES string of the molecule is CCC(CCl)(CCl)NC(=O)C(C)c1ccccc1. The number of rotatable bonds is 6. The number of carbonyl (C=O) groups excluding carboxylic acids is 1. The number of amides is 1. The Bertz CT molecular complexity index is 368. The minimum absolute atomic E-state index is 0.0376. The van der Waals surface area contributed by atoms with Crippen LogP contribution in [-0.4, -0.2) is 23.2 Å². The number of hydrogen-bond acceptors (Lipinski definition) is 1. The lowest BCUT2D eigenvalue weighted by Crippen LogP contribution is -2.52. The van der Waals surface area contributed by atoms with Crippen LogP contribution >= 0.6 is 23.2 Å². The Morgan fingerprint density at radius 1 is 1.28 bits per heavy atom. The molecule has 18 heavy (non-hydrogen) atoms. The van der Waals surface area contributed by atoms with Gasteiger partial charge in [0, 0.05) is 11.8 Å². The quantitative estimate of drug-likeness (QED) is 0.797. The van der Waals surface area contributed by atoms with Gasteiger partial charge >= 0.3 is 0 Å². The van der Waals surface area contributed by atoms with E-state index in [0.717, 1.165) is 5.56 Å². The summed E-state index contributed by atoms with van der Waals surface area (Å²) in [6.07, 6.45) is 0.716. The van der Waals surface area contributed by atoms with Crippen LogP contribution in [0.4, 0.5) is 0 Å². The third-order valence-corrected chi connectivity index (χ3v) is 4.29. The van der Waals surface area contributed by atoms with E-state index in [-0.39, 0.29) is 11.8 Å². The van der Waals surface area contributed by atoms with E-state index in [2.05, 4.69) is 5.32 Å². The summed E-state index contributed by atoms with van der Waals surface area (Å²) in [5.41, 5.74) is 0.479. The minimum atomic E-state index is -0.511. The van der Waals surface area contributed by atoms with Gasteiger partial charge in [-0.1, -0.05) is 37.3 Å². The Morgan fingerprint density at radius 2 is 1.83 bits per heavy atom. The number of nitrogens with one attached hydrogen (secondary N) is 1. The van der Waals surface area contributed by atoms with E-state index in [4.69, 9.17) is 23.2 Å². The maximum atomic E-state index is 12.2. The molecule has 0 spiro atoms. The van der Waals surface area contributed by atoms with Crippen LogP contribution in [0.5, 0.6) is 0 Å². The number of alkyl halides is 2. The van der Waals surface area contributed by atoms with Crippen LogP contribution in [0.25, 0.3) is 0 Å². The van der Waals surface area contributed by atoms with Gasteiger partial charge in [0.15, 0.2) is 0 Å². The first kappa shape index (κ1) is 15.3. The summed E-state index contributed by atoms with van der Waals surface area (Å²) in [4.78, 5) is 12.2. The first-order valence-corrected chi connectivity index (χ1v) is 7.14. The van der Waals surface area contributed by atoms with E-state index >= 15 is 0 Å². The van der Waals surface area contributed by atoms with Crippen LogP contribution in [0.3, 0.4) is 0 Å². The number of carbonyl (C=O) groups is 1. The van der Waals surface area contributed by atoms with Crippen LogP contribution in [0, 0.1) is 0 Å². The van der Waals surface area contributed by atoms with Crippen molar-refractivity contribution in [2.24, 2.45) is 0 Å². The van der Waals surface area contributed by atoms with Crippen LogP contribution in [0.2, 0.25) is 0 Å². The lowest BCUT2D eigenvalue weighted by Gasteiger charge is -2.31. The molecule has 0 aliphatic heterocycles. The second-order valence-corrected chi connectivity index (χ2v) is 5.06. The van der Waals surface area contributed by atoms with Crippen molar-refractivity contribution in [2.75, 3.05) is 11.8 Å². The van der Waals surface area contributed by atoms with Gasteiger partial charge in [-0.15, -0.1) is 23.2 Å². The Balaban J connectivity index is 2.76. The summed E-state index contributed by atoms with van der Waals surface area (Å²) < 4.78 is 0. The van der Waals surface area contributed by atoms with Crippen LogP contribution in [-0.2, 0) is 4.79 Å². The fraction of sp³-hybridized carbons (Fsp3) is 0.500. The molecular weight excluding hydrogens is 269 g/mol. The molecule has 0 saturated heterocycles. The average molecular weight is 288 g/mol. The van der Waals surface area contributed by atoms with Gasteiger partial charge in [-0.05, 0) is 18.9 Å². The van der Waals surface area contributed by atoms with E-state index in [1.54, 1.807) is 0 Å². The van der Waals surface area contributed by atoms with Crippen molar-refractivity contribution in [2.45, 2.75) is 31.7 Å². The van der Waals surface area contributed by atoms with Gasteiger partial charge < -0.3 is 5.32 Å². The maximum Gasteiger partial charge on any atom is 0.227 e. The highest BCUT2D eigenvalue weighted by Gasteiger charge is 2.30. The van der Waals surface area contributed by atoms with E-state index < -0.39 is 5.54 Å². The summed E-state index contributed by atoms with van der Waals surface area (Å²) in [6.45, 7) is 3.85. The third kappa shape index (κ3) is 3.63. The number of halogens is 2. The molecule has 1 amide bonds. The standard InChI is InChI=1S/C14H19Cl2NO/c1-3-14(9-15,10-16)17-13(18)11(2)12-7-5-4-6-8-12/h4-8,11H,3,9-10H2,1-2H3,(H,17,18). The molecule has 0 heterocycles. The molecule has 1 rings (SSSR count). The molecule has 4 heteroatoms. The molecule has 1 aromatic rings. The van der Waals surface area contributed by atoms with Gasteiger partial charge in [-0.3, -0.25) is 4.79 Å². The van der Waals surface area contributed by atoms with Gasteiger partial charge in [0.05, 0.1) is 11.5 Å². The first-order valence-electron chi connectivity index (χ1n) is 6.07. The largest absolute Gasteiger partial charge is 0.348 e. The Morgan fingerprint density at radius 3 is 2.28 bits per heavy atom. The average Bonchev–Trinajstić information content (AvgIpc) is 2.45. The zero-order valence-electron chi connectivity index (χ0n) is 10.7. The second kappa shape index (κ2) is 7.01. The molecule has 100 valence electrons. The van der Waals surface area contributed by atoms with Crippen molar-refractivity contribution in [3.05, 3.63) is 35.9 Å². The maximum absolute atomic E-state index is 12.2. The molecule has 0 aliphatic carbocycles. The topological polar surface area (TPSA) is 29.1 Å². The van der Waals surface area contributed by atoms with Crippen molar-refractivity contribution in [3.8, 4) is 0 Å². The van der Waals surface area contributed by atoms with Crippen LogP contribution < -0.4 is 5.32 Å². The van der Waals surface area contributed by atoms with E-state index in [1.165, 1.54) is 0 Å². The van der Waals surface area contributed by atoms with Crippen molar-refractivity contribution in [1.29, 1.82) is 0 Å². The highest BCUT2D eigenvalue weighted by molar-refractivity contribution is 6.22. The zero-order chi connectivity index (χ0) is 13.6. The van der Waals surface area contributed by atoms with Crippen LogP contribution in [0.15, 0.2) is 30.3 Å². The Hall–Kier alpha value is -0.730. The van der Waals surface area contributed by atoms with Crippen molar-refractivity contribution >= 4 is 29.1 Å². The molecule has 1 aromatic carbocycles. The smallest absolute Gasteiger partial charge is 0.227 e. The Labute approximate surface area is 119 Å². The summed E-state index contributed by atoms with van der Waals surface area (Å²) in [6, 6.07) is 9.67. The second-order valence-electron chi connectivity index (χ2n) is 4.52. The molecule has 0 radical (unpaired) electrons. The molecule has 0 fully saturated rings. The van der Waals surface area contributed by atoms with Gasteiger partial charge in [0.1, 0.15) is 0 Å². The molecular formula is C14H19Cl2NO. The van der Waals surface area contributed by atoms with Crippen molar-refractivity contribution < 1.29 is 4.79 Å². The fourth-order valence-electron chi connectivity index (χ4n) is 1.64. The van der Waals surface area contributed by atoms with Crippen molar-refractivity contribution in [3.63, 3.8) is 0 Å². The van der Waals surface area contributed by atoms with E-state index in [1.807, 2.05) is 44.2 Å². The van der Waals surface area contributed by atoms with Gasteiger partial charge in [-0.25, -0.2) is 0 Å². The van der Waals surface area contributed by atoms with Gasteiger partial charge in [0.25, 0.3) is 0 Å². The van der Waals surface area contributed by atoms with Crippen molar-refractivity contribution in [1.82, 2.24) is 5.32 Å². The predicted molar refractivity (Wildman–Crippen MR) is 77.5 cm³/mol. The molecule has 1 atom stereocenters.